The number of rotatable bonds is 2. The molecule has 0 unspecified atom stereocenters. The predicted molar refractivity (Wildman–Crippen MR) is 68.5 cm³/mol. The van der Waals surface area contributed by atoms with Crippen LogP contribution in [0.2, 0.25) is 5.28 Å². The van der Waals surface area contributed by atoms with E-state index in [1.165, 1.54) is 10.9 Å². The number of nitrogens with two attached hydrogens (primary N) is 1. The molecule has 3 atom stereocenters. The molecule has 0 amide bonds. The van der Waals surface area contributed by atoms with Gasteiger partial charge in [-0.25, -0.2) is 9.37 Å². The molecule has 2 aromatic heterocycles. The van der Waals surface area contributed by atoms with E-state index in [1.807, 2.05) is 6.92 Å². The topological polar surface area (TPSA) is 78.9 Å². The molecule has 3 rings (SSSR count). The van der Waals surface area contributed by atoms with Crippen molar-refractivity contribution in [3.8, 4) is 0 Å². The predicted octanol–water partition coefficient (Wildman–Crippen LogP) is 2.10. The van der Waals surface area contributed by atoms with Crippen LogP contribution in [-0.2, 0) is 4.74 Å². The third kappa shape index (κ3) is 2.02. The molecular formula is C11H13ClFN5O. The Morgan fingerprint density at radius 2 is 2.37 bits per heavy atom. The summed E-state index contributed by atoms with van der Waals surface area (Å²) in [6.07, 6.45) is 0.669. The van der Waals surface area contributed by atoms with Gasteiger partial charge in [-0.05, 0) is 18.0 Å². The van der Waals surface area contributed by atoms with Gasteiger partial charge in [-0.1, -0.05) is 6.92 Å². The number of alkyl halides is 1. The summed E-state index contributed by atoms with van der Waals surface area (Å²) in [6.45, 7) is 1.96. The lowest BCUT2D eigenvalue weighted by Gasteiger charge is -2.15. The SMILES string of the molecule is CC[C@@H]1C[C@H](F)[C@H](n2cnc3c(N)nc(Cl)nc32)O1. The van der Waals surface area contributed by atoms with Crippen LogP contribution in [0.3, 0.4) is 0 Å². The van der Waals surface area contributed by atoms with Crippen LogP contribution >= 0.6 is 11.6 Å². The van der Waals surface area contributed by atoms with Crippen molar-refractivity contribution >= 4 is 28.6 Å². The molecule has 102 valence electrons. The number of aromatic nitrogens is 4. The zero-order valence-corrected chi connectivity index (χ0v) is 11.0. The molecule has 0 spiro atoms. The number of hydrogen-bond donors (Lipinski definition) is 1. The van der Waals surface area contributed by atoms with E-state index in [2.05, 4.69) is 15.0 Å². The van der Waals surface area contributed by atoms with E-state index in [4.69, 9.17) is 22.1 Å². The summed E-state index contributed by atoms with van der Waals surface area (Å²) < 4.78 is 21.2. The minimum Gasteiger partial charge on any atom is -0.382 e. The summed E-state index contributed by atoms with van der Waals surface area (Å²) in [5.74, 6) is 0.175. The molecule has 0 saturated carbocycles. The molecule has 1 fully saturated rings. The molecule has 6 nitrogen and oxygen atoms in total. The standard InChI is InChI=1S/C11H13ClFN5O/c1-2-5-3-6(13)10(19-5)18-4-15-7-8(14)16-11(12)17-9(7)18/h4-6,10H,2-3H2,1H3,(H2,14,16,17)/t5-,6+,10-/m1/s1. The average molecular weight is 286 g/mol. The van der Waals surface area contributed by atoms with E-state index in [0.29, 0.717) is 17.6 Å². The second-order valence-corrected chi connectivity index (χ2v) is 4.85. The highest BCUT2D eigenvalue weighted by molar-refractivity contribution is 6.28. The summed E-state index contributed by atoms with van der Waals surface area (Å²) in [5, 5.41) is 0.00666. The molecule has 0 radical (unpaired) electrons. The second-order valence-electron chi connectivity index (χ2n) is 4.51. The van der Waals surface area contributed by atoms with Crippen molar-refractivity contribution in [2.45, 2.75) is 38.3 Å². The molecule has 8 heteroatoms. The van der Waals surface area contributed by atoms with Crippen LogP contribution in [0.25, 0.3) is 11.2 Å². The molecule has 1 aliphatic heterocycles. The van der Waals surface area contributed by atoms with Gasteiger partial charge < -0.3 is 10.5 Å². The largest absolute Gasteiger partial charge is 0.382 e. The van der Waals surface area contributed by atoms with Crippen LogP contribution in [0, 0.1) is 0 Å². The van der Waals surface area contributed by atoms with Crippen molar-refractivity contribution in [1.29, 1.82) is 0 Å². The van der Waals surface area contributed by atoms with Crippen molar-refractivity contribution in [1.82, 2.24) is 19.5 Å². The second kappa shape index (κ2) is 4.57. The van der Waals surface area contributed by atoms with Gasteiger partial charge in [0.05, 0.1) is 12.4 Å². The minimum atomic E-state index is -1.10. The maximum absolute atomic E-state index is 14.0. The maximum Gasteiger partial charge on any atom is 0.226 e. The summed E-state index contributed by atoms with van der Waals surface area (Å²) in [6, 6.07) is 0. The van der Waals surface area contributed by atoms with E-state index in [1.54, 1.807) is 0 Å². The van der Waals surface area contributed by atoms with Crippen LogP contribution in [0.4, 0.5) is 10.2 Å². The molecule has 1 saturated heterocycles. The van der Waals surface area contributed by atoms with Crippen LogP contribution in [-0.4, -0.2) is 31.8 Å². The number of hydrogen-bond acceptors (Lipinski definition) is 5. The number of ether oxygens (including phenoxy) is 1. The zero-order chi connectivity index (χ0) is 13.6. The number of nitrogens with zero attached hydrogens (tertiary/aromatic N) is 4. The van der Waals surface area contributed by atoms with Crippen LogP contribution in [0.15, 0.2) is 6.33 Å². The Balaban J connectivity index is 2.06. The van der Waals surface area contributed by atoms with Crippen LogP contribution in [0.1, 0.15) is 26.0 Å². The van der Waals surface area contributed by atoms with E-state index in [-0.39, 0.29) is 17.2 Å². The molecular weight excluding hydrogens is 273 g/mol. The molecule has 0 aromatic carbocycles. The zero-order valence-electron chi connectivity index (χ0n) is 10.3. The van der Waals surface area contributed by atoms with Gasteiger partial charge in [-0.15, -0.1) is 0 Å². The molecule has 19 heavy (non-hydrogen) atoms. The van der Waals surface area contributed by atoms with Gasteiger partial charge in [0.15, 0.2) is 17.7 Å². The van der Waals surface area contributed by atoms with Crippen LogP contribution < -0.4 is 5.73 Å². The van der Waals surface area contributed by atoms with E-state index in [0.717, 1.165) is 6.42 Å². The first-order valence-electron chi connectivity index (χ1n) is 6.05. The van der Waals surface area contributed by atoms with Crippen LogP contribution in [0.5, 0.6) is 0 Å². The van der Waals surface area contributed by atoms with Crippen molar-refractivity contribution in [3.05, 3.63) is 11.6 Å². The molecule has 1 aliphatic rings. The molecule has 2 aromatic rings. The minimum absolute atomic E-state index is 0.00666. The van der Waals surface area contributed by atoms with Crippen molar-refractivity contribution in [2.75, 3.05) is 5.73 Å². The van der Waals surface area contributed by atoms with Crippen molar-refractivity contribution < 1.29 is 9.13 Å². The Hall–Kier alpha value is -1.47. The number of halogens is 2. The third-order valence-corrected chi connectivity index (χ3v) is 3.45. The Morgan fingerprint density at radius 3 is 3.05 bits per heavy atom. The first kappa shape index (κ1) is 12.6. The summed E-state index contributed by atoms with van der Waals surface area (Å²) in [4.78, 5) is 12.0. The normalized spacial score (nSPS) is 27.2. The smallest absolute Gasteiger partial charge is 0.226 e. The van der Waals surface area contributed by atoms with Gasteiger partial charge in [0.25, 0.3) is 0 Å². The van der Waals surface area contributed by atoms with E-state index in [9.17, 15) is 4.39 Å². The number of nitrogen functional groups attached to an aromatic ring is 1. The van der Waals surface area contributed by atoms with Gasteiger partial charge in [0, 0.05) is 6.42 Å². The van der Waals surface area contributed by atoms with E-state index >= 15 is 0 Å². The van der Waals surface area contributed by atoms with Gasteiger partial charge in [-0.2, -0.15) is 9.97 Å². The summed E-state index contributed by atoms with van der Waals surface area (Å²) in [7, 11) is 0. The molecule has 0 bridgehead atoms. The van der Waals surface area contributed by atoms with Gasteiger partial charge in [-0.3, -0.25) is 4.57 Å². The van der Waals surface area contributed by atoms with Gasteiger partial charge in [0.2, 0.25) is 5.28 Å². The fourth-order valence-corrected chi connectivity index (χ4v) is 2.48. The summed E-state index contributed by atoms with van der Waals surface area (Å²) >= 11 is 5.77. The monoisotopic (exact) mass is 285 g/mol. The van der Waals surface area contributed by atoms with Crippen molar-refractivity contribution in [2.24, 2.45) is 0 Å². The highest BCUT2D eigenvalue weighted by Gasteiger charge is 2.36. The highest BCUT2D eigenvalue weighted by atomic mass is 35.5. The first-order chi connectivity index (χ1) is 9.10. The fraction of sp³-hybridized carbons (Fsp3) is 0.545. The summed E-state index contributed by atoms with van der Waals surface area (Å²) in [5.41, 5.74) is 6.50. The van der Waals surface area contributed by atoms with E-state index < -0.39 is 12.4 Å². The van der Waals surface area contributed by atoms with Crippen molar-refractivity contribution in [3.63, 3.8) is 0 Å². The Morgan fingerprint density at radius 1 is 1.58 bits per heavy atom. The lowest BCUT2D eigenvalue weighted by Crippen LogP contribution is -2.16. The fourth-order valence-electron chi connectivity index (χ4n) is 2.31. The maximum atomic E-state index is 14.0. The molecule has 0 aliphatic carbocycles. The van der Waals surface area contributed by atoms with Gasteiger partial charge in [0.1, 0.15) is 11.7 Å². The number of imidazole rings is 1. The average Bonchev–Trinajstić information content (AvgIpc) is 2.92. The Labute approximate surface area is 113 Å². The molecule has 3 heterocycles. The third-order valence-electron chi connectivity index (χ3n) is 3.28. The van der Waals surface area contributed by atoms with Gasteiger partial charge >= 0.3 is 0 Å². The quantitative estimate of drug-likeness (QED) is 0.855. The lowest BCUT2D eigenvalue weighted by atomic mass is 10.2. The lowest BCUT2D eigenvalue weighted by molar-refractivity contribution is -0.0172. The highest BCUT2D eigenvalue weighted by Crippen LogP contribution is 2.34. The first-order valence-corrected chi connectivity index (χ1v) is 6.43. The number of anilines is 1. The Kier molecular flexibility index (Phi) is 3.02. The Bertz CT molecular complexity index is 618. The number of fused-ring (bicyclic) bond motifs is 1. The molecule has 2 N–H and O–H groups in total.